The number of hydrogen-bond acceptors (Lipinski definition) is 3. The topological polar surface area (TPSA) is 50.8 Å². The van der Waals surface area contributed by atoms with E-state index in [2.05, 4.69) is 52.4 Å². The minimum absolute atomic E-state index is 0.386. The molecule has 0 unspecified atom stereocenters. The number of hydrogen-bond donors (Lipinski definition) is 0. The second-order valence-corrected chi connectivity index (χ2v) is 11.7. The van der Waals surface area contributed by atoms with Crippen molar-refractivity contribution < 1.29 is 4.74 Å². The summed E-state index contributed by atoms with van der Waals surface area (Å²) in [5.41, 5.74) is 1.30. The van der Waals surface area contributed by atoms with Crippen molar-refractivity contribution in [3.63, 3.8) is 0 Å². The van der Waals surface area contributed by atoms with Gasteiger partial charge in [-0.15, -0.1) is 0 Å². The predicted molar refractivity (Wildman–Crippen MR) is 98.4 cm³/mol. The Morgan fingerprint density at radius 1 is 1.48 bits per heavy atom. The maximum atomic E-state index is 9.26. The highest BCUT2D eigenvalue weighted by atomic mass is 127. The molecule has 114 valence electrons. The maximum Gasteiger partial charge on any atom is 0.146 e. The molecule has 0 aliphatic carbocycles. The van der Waals surface area contributed by atoms with Crippen LogP contribution in [0.5, 0.6) is 0 Å². The molecule has 0 aromatic carbocycles. The molecule has 2 rings (SSSR count). The van der Waals surface area contributed by atoms with Gasteiger partial charge in [0.15, 0.2) is 0 Å². The smallest absolute Gasteiger partial charge is 0.146 e. The average Bonchev–Trinajstić information content (AvgIpc) is 2.72. The van der Waals surface area contributed by atoms with Crippen molar-refractivity contribution in [3.8, 4) is 6.07 Å². The number of pyridine rings is 1. The molecule has 0 saturated heterocycles. The van der Waals surface area contributed by atoms with Crippen molar-refractivity contribution in [1.29, 1.82) is 5.26 Å². The summed E-state index contributed by atoms with van der Waals surface area (Å²) in [5, 5.41) is 10.5. The van der Waals surface area contributed by atoms with Crippen LogP contribution in [0.1, 0.15) is 5.56 Å². The Balaban J connectivity index is 2.23. The molecule has 0 radical (unpaired) electrons. The molecule has 0 amide bonds. The van der Waals surface area contributed by atoms with E-state index in [1.807, 2.05) is 4.57 Å². The summed E-state index contributed by atoms with van der Waals surface area (Å²) in [6.45, 7) is 1.09. The van der Waals surface area contributed by atoms with E-state index in [9.17, 15) is 5.26 Å². The van der Waals surface area contributed by atoms with E-state index in [4.69, 9.17) is 16.3 Å². The second-order valence-electron chi connectivity index (χ2n) is 5.58. The van der Waals surface area contributed by atoms with Gasteiger partial charge in [-0.2, -0.15) is 5.26 Å². The van der Waals surface area contributed by atoms with Crippen LogP contribution in [-0.2, 0) is 11.5 Å². The van der Waals surface area contributed by atoms with Crippen molar-refractivity contribution in [1.82, 2.24) is 9.55 Å². The Labute approximate surface area is 144 Å². The number of halogens is 2. The molecule has 0 aliphatic heterocycles. The largest absolute Gasteiger partial charge is 0.360 e. The van der Waals surface area contributed by atoms with Gasteiger partial charge in [0.2, 0.25) is 0 Å². The monoisotopic (exact) mass is 437 g/mol. The van der Waals surface area contributed by atoms with Crippen LogP contribution in [-0.4, -0.2) is 40.7 Å². The quantitative estimate of drug-likeness (QED) is 0.406. The zero-order chi connectivity index (χ0) is 15.6. The Hall–Kier alpha value is -0.490. The van der Waals surface area contributed by atoms with Gasteiger partial charge in [-0.05, 0) is 47.4 Å². The molecule has 2 heterocycles. The van der Waals surface area contributed by atoms with Crippen molar-refractivity contribution in [2.24, 2.45) is 0 Å². The second kappa shape index (κ2) is 6.73. The summed E-state index contributed by atoms with van der Waals surface area (Å²) in [4.78, 5) is 4.33. The van der Waals surface area contributed by atoms with Gasteiger partial charge in [0, 0.05) is 15.5 Å². The lowest BCUT2D eigenvalue weighted by molar-refractivity contribution is 0.0923. The third kappa shape index (κ3) is 4.25. The first-order valence-corrected chi connectivity index (χ1v) is 10.8. The van der Waals surface area contributed by atoms with Gasteiger partial charge in [-0.3, -0.25) is 0 Å². The fraction of sp³-hybridized carbons (Fsp3) is 0.429. The summed E-state index contributed by atoms with van der Waals surface area (Å²) in [7, 11) is -0.558. The Morgan fingerprint density at radius 2 is 2.19 bits per heavy atom. The minimum Gasteiger partial charge on any atom is -0.360 e. The zero-order valence-electron chi connectivity index (χ0n) is 12.2. The Bertz CT molecular complexity index is 703. The van der Waals surface area contributed by atoms with E-state index in [-0.39, 0.29) is 0 Å². The normalized spacial score (nSPS) is 12.6. The van der Waals surface area contributed by atoms with Crippen LogP contribution in [0.2, 0.25) is 5.15 Å². The van der Waals surface area contributed by atoms with Crippen LogP contribution >= 0.6 is 44.2 Å². The first-order chi connectivity index (χ1) is 9.81. The lowest BCUT2D eigenvalue weighted by atomic mass is 10.2. The molecule has 4 nitrogen and oxygen atoms in total. The van der Waals surface area contributed by atoms with Crippen molar-refractivity contribution in [2.45, 2.75) is 6.73 Å². The third-order valence-electron chi connectivity index (χ3n) is 2.94. The molecule has 0 N–H and O–H groups in total. The molecule has 21 heavy (non-hydrogen) atoms. The average molecular weight is 438 g/mol. The number of ether oxygens (including phenoxy) is 1. The molecule has 0 fully saturated rings. The summed E-state index contributed by atoms with van der Waals surface area (Å²) < 4.78 is 8.51. The molecule has 0 aliphatic rings. The molecular formula is C14H17ClIN3OS. The molecule has 0 atom stereocenters. The van der Waals surface area contributed by atoms with Crippen molar-refractivity contribution in [2.75, 3.05) is 31.1 Å². The summed E-state index contributed by atoms with van der Waals surface area (Å²) in [5.74, 6) is 1.06. The molecule has 2 aromatic heterocycles. The van der Waals surface area contributed by atoms with Crippen molar-refractivity contribution in [3.05, 3.63) is 26.5 Å². The van der Waals surface area contributed by atoms with E-state index in [1.54, 1.807) is 12.3 Å². The van der Waals surface area contributed by atoms with Crippen LogP contribution in [0.3, 0.4) is 0 Å². The predicted octanol–water partition coefficient (Wildman–Crippen LogP) is 3.83. The molecule has 0 spiro atoms. The van der Waals surface area contributed by atoms with Gasteiger partial charge in [0.05, 0.1) is 17.6 Å². The number of aromatic nitrogens is 2. The number of nitrogens with zero attached hydrogens (tertiary/aromatic N) is 3. The summed E-state index contributed by atoms with van der Waals surface area (Å²) in [6, 6.07) is 3.97. The lowest BCUT2D eigenvalue weighted by Crippen LogP contribution is -2.09. The summed E-state index contributed by atoms with van der Waals surface area (Å²) in [6.07, 6.45) is 8.57. The van der Waals surface area contributed by atoms with Crippen molar-refractivity contribution >= 4 is 55.3 Å². The zero-order valence-corrected chi connectivity index (χ0v) is 15.9. The van der Waals surface area contributed by atoms with E-state index in [1.165, 1.54) is 0 Å². The van der Waals surface area contributed by atoms with Crippen LogP contribution < -0.4 is 0 Å². The van der Waals surface area contributed by atoms with Crippen LogP contribution in [0.4, 0.5) is 0 Å². The Morgan fingerprint density at radius 3 is 2.81 bits per heavy atom. The van der Waals surface area contributed by atoms with Gasteiger partial charge in [0.25, 0.3) is 0 Å². The highest BCUT2D eigenvalue weighted by Gasteiger charge is 2.14. The highest BCUT2D eigenvalue weighted by Crippen LogP contribution is 2.33. The van der Waals surface area contributed by atoms with E-state index >= 15 is 0 Å². The summed E-state index contributed by atoms with van der Waals surface area (Å²) >= 11 is 8.20. The molecule has 0 saturated carbocycles. The fourth-order valence-electron chi connectivity index (χ4n) is 1.87. The Kier molecular flexibility index (Phi) is 5.41. The van der Waals surface area contributed by atoms with E-state index in [0.29, 0.717) is 29.7 Å². The highest BCUT2D eigenvalue weighted by molar-refractivity contribution is 14.1. The van der Waals surface area contributed by atoms with E-state index < -0.39 is 10.0 Å². The van der Waals surface area contributed by atoms with Gasteiger partial charge >= 0.3 is 0 Å². The molecule has 0 bridgehead atoms. The molecule has 7 heteroatoms. The standard InChI is InChI=1S/C14H17ClIN3OS/c1-21(2,3)5-4-20-9-19-8-10(7-17)13-11(16)6-12(15)18-14(13)19/h6,8H,4-5,9H2,1-3H3. The van der Waals surface area contributed by atoms with Crippen LogP contribution in [0, 0.1) is 14.9 Å². The number of fused-ring (bicyclic) bond motifs is 1. The third-order valence-corrected chi connectivity index (χ3v) is 5.37. The lowest BCUT2D eigenvalue weighted by Gasteiger charge is -2.24. The first kappa shape index (κ1) is 16.9. The van der Waals surface area contributed by atoms with Gasteiger partial charge < -0.3 is 9.30 Å². The molecule has 2 aromatic rings. The minimum atomic E-state index is -0.558. The van der Waals surface area contributed by atoms with Gasteiger partial charge in [-0.25, -0.2) is 15.0 Å². The number of rotatable bonds is 5. The maximum absolute atomic E-state index is 9.26. The fourth-order valence-corrected chi connectivity index (χ4v) is 3.68. The van der Waals surface area contributed by atoms with Crippen LogP contribution in [0.25, 0.3) is 11.0 Å². The van der Waals surface area contributed by atoms with Gasteiger partial charge in [-0.1, -0.05) is 11.6 Å². The number of nitriles is 1. The molecular weight excluding hydrogens is 421 g/mol. The SMILES string of the molecule is CS(C)(C)CCOCn1cc(C#N)c2c(I)cc(Cl)nc21. The van der Waals surface area contributed by atoms with Gasteiger partial charge in [0.1, 0.15) is 23.6 Å². The van der Waals surface area contributed by atoms with E-state index in [0.717, 1.165) is 14.7 Å². The first-order valence-electron chi connectivity index (χ1n) is 6.30. The van der Waals surface area contributed by atoms with Crippen LogP contribution in [0.15, 0.2) is 12.3 Å².